The summed E-state index contributed by atoms with van der Waals surface area (Å²) in [5.74, 6) is -3.31. The third-order valence-electron chi connectivity index (χ3n) is 3.37. The van der Waals surface area contributed by atoms with E-state index in [2.05, 4.69) is 12.2 Å². The van der Waals surface area contributed by atoms with E-state index in [0.29, 0.717) is 5.92 Å². The molecule has 0 spiro atoms. The van der Waals surface area contributed by atoms with Crippen LogP contribution < -0.4 is 5.32 Å². The number of benzene rings is 1. The second-order valence-corrected chi connectivity index (χ2v) is 4.85. The minimum atomic E-state index is -1.47. The van der Waals surface area contributed by atoms with Gasteiger partial charge in [-0.3, -0.25) is 0 Å². The Morgan fingerprint density at radius 3 is 2.61 bits per heavy atom. The number of carboxylic acids is 1. The number of hydrogen-bond acceptors (Lipinski definition) is 2. The third-order valence-corrected chi connectivity index (χ3v) is 3.37. The summed E-state index contributed by atoms with van der Waals surface area (Å²) in [7, 11) is 0. The molecular formula is C13H15F2NO2. The molecule has 0 aliphatic heterocycles. The zero-order chi connectivity index (χ0) is 13.3. The molecule has 1 aliphatic carbocycles. The van der Waals surface area contributed by atoms with Crippen LogP contribution >= 0.6 is 0 Å². The van der Waals surface area contributed by atoms with E-state index < -0.39 is 23.2 Å². The van der Waals surface area contributed by atoms with E-state index in [1.54, 1.807) is 0 Å². The minimum absolute atomic E-state index is 0.0385. The number of hydrogen-bond donors (Lipinski definition) is 2. The molecule has 0 radical (unpaired) electrons. The lowest BCUT2D eigenvalue weighted by molar-refractivity contribution is 0.0690. The maximum Gasteiger partial charge on any atom is 0.338 e. The van der Waals surface area contributed by atoms with Gasteiger partial charge < -0.3 is 10.4 Å². The van der Waals surface area contributed by atoms with Crippen molar-refractivity contribution in [1.29, 1.82) is 0 Å². The molecule has 1 saturated carbocycles. The van der Waals surface area contributed by atoms with Gasteiger partial charge >= 0.3 is 5.97 Å². The van der Waals surface area contributed by atoms with Gasteiger partial charge in [-0.15, -0.1) is 0 Å². The molecule has 98 valence electrons. The van der Waals surface area contributed by atoms with Gasteiger partial charge in [0.05, 0.1) is 11.3 Å². The zero-order valence-corrected chi connectivity index (χ0v) is 10.0. The molecule has 1 fully saturated rings. The van der Waals surface area contributed by atoms with Crippen LogP contribution in [0.4, 0.5) is 14.5 Å². The van der Waals surface area contributed by atoms with Crippen molar-refractivity contribution in [2.24, 2.45) is 5.92 Å². The Kier molecular flexibility index (Phi) is 3.50. The molecule has 0 aromatic heterocycles. The predicted octanol–water partition coefficient (Wildman–Crippen LogP) is 3.26. The van der Waals surface area contributed by atoms with Crippen LogP contribution in [-0.4, -0.2) is 17.1 Å². The summed E-state index contributed by atoms with van der Waals surface area (Å²) < 4.78 is 27.1. The SMILES string of the molecule is CC1CCC(Nc2ccc(C(=O)O)c(F)c2F)C1. The van der Waals surface area contributed by atoms with Crippen molar-refractivity contribution >= 4 is 11.7 Å². The summed E-state index contributed by atoms with van der Waals surface area (Å²) in [4.78, 5) is 10.6. The molecule has 0 amide bonds. The molecule has 1 aliphatic rings. The lowest BCUT2D eigenvalue weighted by atomic mass is 10.1. The molecule has 1 aromatic rings. The molecule has 0 heterocycles. The van der Waals surface area contributed by atoms with Gasteiger partial charge in [0.1, 0.15) is 0 Å². The highest BCUT2D eigenvalue weighted by atomic mass is 19.2. The minimum Gasteiger partial charge on any atom is -0.478 e. The molecule has 5 heteroatoms. The summed E-state index contributed by atoms with van der Waals surface area (Å²) in [5.41, 5.74) is -0.602. The molecule has 18 heavy (non-hydrogen) atoms. The number of nitrogens with one attached hydrogen (secondary N) is 1. The summed E-state index contributed by atoms with van der Waals surface area (Å²) in [5, 5.41) is 11.6. The Bertz CT molecular complexity index is 476. The first-order valence-corrected chi connectivity index (χ1v) is 5.97. The van der Waals surface area contributed by atoms with Crippen molar-refractivity contribution in [3.05, 3.63) is 29.3 Å². The smallest absolute Gasteiger partial charge is 0.338 e. The second-order valence-electron chi connectivity index (χ2n) is 4.85. The fourth-order valence-corrected chi connectivity index (χ4v) is 2.38. The first-order chi connectivity index (χ1) is 8.49. The normalized spacial score (nSPS) is 23.1. The van der Waals surface area contributed by atoms with Gasteiger partial charge in [-0.2, -0.15) is 0 Å². The molecule has 2 atom stereocenters. The number of halogens is 2. The highest BCUT2D eigenvalue weighted by Gasteiger charge is 2.24. The van der Waals surface area contributed by atoms with E-state index in [4.69, 9.17) is 5.11 Å². The van der Waals surface area contributed by atoms with Gasteiger partial charge in [0, 0.05) is 6.04 Å². The Morgan fingerprint density at radius 1 is 1.33 bits per heavy atom. The van der Waals surface area contributed by atoms with Crippen molar-refractivity contribution in [2.45, 2.75) is 32.2 Å². The summed E-state index contributed by atoms with van der Waals surface area (Å²) in [6.45, 7) is 2.12. The molecule has 2 unspecified atom stereocenters. The molecular weight excluding hydrogens is 240 g/mol. The van der Waals surface area contributed by atoms with E-state index in [9.17, 15) is 13.6 Å². The number of carboxylic acid groups (broad SMARTS) is 1. The lowest BCUT2D eigenvalue weighted by Crippen LogP contribution is -2.17. The van der Waals surface area contributed by atoms with Gasteiger partial charge in [-0.05, 0) is 37.3 Å². The maximum absolute atomic E-state index is 13.7. The van der Waals surface area contributed by atoms with Gasteiger partial charge in [-0.25, -0.2) is 13.6 Å². The van der Waals surface area contributed by atoms with Crippen LogP contribution in [0.25, 0.3) is 0 Å². The fraction of sp³-hybridized carbons (Fsp3) is 0.462. The van der Waals surface area contributed by atoms with Crippen LogP contribution in [0.5, 0.6) is 0 Å². The zero-order valence-electron chi connectivity index (χ0n) is 10.0. The molecule has 2 N–H and O–H groups in total. The topological polar surface area (TPSA) is 49.3 Å². The van der Waals surface area contributed by atoms with Gasteiger partial charge in [0.25, 0.3) is 0 Å². The molecule has 1 aromatic carbocycles. The Balaban J connectivity index is 2.19. The summed E-state index contributed by atoms with van der Waals surface area (Å²) in [6.07, 6.45) is 2.90. The number of aromatic carboxylic acids is 1. The second kappa shape index (κ2) is 4.92. The number of rotatable bonds is 3. The molecule has 3 nitrogen and oxygen atoms in total. The Hall–Kier alpha value is -1.65. The van der Waals surface area contributed by atoms with E-state index in [0.717, 1.165) is 25.3 Å². The van der Waals surface area contributed by atoms with E-state index in [-0.39, 0.29) is 11.7 Å². The van der Waals surface area contributed by atoms with Crippen LogP contribution in [0.3, 0.4) is 0 Å². The molecule has 0 bridgehead atoms. The molecule has 2 rings (SSSR count). The lowest BCUT2D eigenvalue weighted by Gasteiger charge is -2.15. The highest BCUT2D eigenvalue weighted by Crippen LogP contribution is 2.29. The number of anilines is 1. The van der Waals surface area contributed by atoms with Gasteiger partial charge in [0.2, 0.25) is 0 Å². The summed E-state index contributed by atoms with van der Waals surface area (Å²) >= 11 is 0. The predicted molar refractivity (Wildman–Crippen MR) is 63.7 cm³/mol. The van der Waals surface area contributed by atoms with Crippen LogP contribution in [0, 0.1) is 17.6 Å². The highest BCUT2D eigenvalue weighted by molar-refractivity contribution is 5.88. The van der Waals surface area contributed by atoms with Crippen molar-refractivity contribution in [3.8, 4) is 0 Å². The van der Waals surface area contributed by atoms with Crippen LogP contribution in [0.2, 0.25) is 0 Å². The van der Waals surface area contributed by atoms with E-state index in [1.807, 2.05) is 0 Å². The first kappa shape index (κ1) is 12.8. The van der Waals surface area contributed by atoms with E-state index in [1.165, 1.54) is 6.07 Å². The largest absolute Gasteiger partial charge is 0.478 e. The van der Waals surface area contributed by atoms with Crippen molar-refractivity contribution in [1.82, 2.24) is 0 Å². The average molecular weight is 255 g/mol. The van der Waals surface area contributed by atoms with Crippen molar-refractivity contribution in [3.63, 3.8) is 0 Å². The van der Waals surface area contributed by atoms with Crippen molar-refractivity contribution < 1.29 is 18.7 Å². The Morgan fingerprint density at radius 2 is 2.06 bits per heavy atom. The quantitative estimate of drug-likeness (QED) is 0.871. The van der Waals surface area contributed by atoms with Crippen molar-refractivity contribution in [2.75, 3.05) is 5.32 Å². The maximum atomic E-state index is 13.7. The van der Waals surface area contributed by atoms with Crippen LogP contribution in [0.15, 0.2) is 12.1 Å². The third kappa shape index (κ3) is 2.44. The van der Waals surface area contributed by atoms with Crippen LogP contribution in [-0.2, 0) is 0 Å². The first-order valence-electron chi connectivity index (χ1n) is 5.97. The number of carbonyl (C=O) groups is 1. The summed E-state index contributed by atoms with van der Waals surface area (Å²) in [6, 6.07) is 2.50. The van der Waals surface area contributed by atoms with Gasteiger partial charge in [-0.1, -0.05) is 6.92 Å². The standard InChI is InChI=1S/C13H15F2NO2/c1-7-2-3-8(6-7)16-10-5-4-9(13(17)18)11(14)12(10)15/h4-5,7-8,16H,2-3,6H2,1H3,(H,17,18). The van der Waals surface area contributed by atoms with Crippen LogP contribution in [0.1, 0.15) is 36.5 Å². The fourth-order valence-electron chi connectivity index (χ4n) is 2.38. The Labute approximate surface area is 104 Å². The van der Waals surface area contributed by atoms with Gasteiger partial charge in [0.15, 0.2) is 11.6 Å². The van der Waals surface area contributed by atoms with E-state index >= 15 is 0 Å². The molecule has 0 saturated heterocycles. The average Bonchev–Trinajstić information content (AvgIpc) is 2.70. The monoisotopic (exact) mass is 255 g/mol.